The van der Waals surface area contributed by atoms with Crippen LogP contribution >= 0.6 is 11.6 Å². The Bertz CT molecular complexity index is 763. The number of hydrogen-bond acceptors (Lipinski definition) is 4. The smallest absolute Gasteiger partial charge is 0.255 e. The second-order valence-electron chi connectivity index (χ2n) is 6.32. The van der Waals surface area contributed by atoms with Gasteiger partial charge in [-0.1, -0.05) is 41.9 Å². The number of nitrogens with zero attached hydrogens (tertiary/aromatic N) is 1. The molecule has 5 nitrogen and oxygen atoms in total. The first-order valence-electron chi connectivity index (χ1n) is 9.27. The topological polar surface area (TPSA) is 50.8 Å². The summed E-state index contributed by atoms with van der Waals surface area (Å²) in [7, 11) is 0. The minimum atomic E-state index is -0.149. The first kappa shape index (κ1) is 19.7. The number of carbonyl (C=O) groups is 1. The fraction of sp³-hybridized carbons (Fsp3) is 0.381. The van der Waals surface area contributed by atoms with Crippen LogP contribution in [0.5, 0.6) is 5.75 Å². The lowest BCUT2D eigenvalue weighted by Crippen LogP contribution is -2.44. The van der Waals surface area contributed by atoms with Crippen LogP contribution in [0.15, 0.2) is 48.5 Å². The lowest BCUT2D eigenvalue weighted by molar-refractivity contribution is 0.0162. The van der Waals surface area contributed by atoms with Crippen LogP contribution in [0.2, 0.25) is 5.02 Å². The van der Waals surface area contributed by atoms with E-state index in [2.05, 4.69) is 10.2 Å². The Hall–Kier alpha value is -2.08. The molecule has 0 radical (unpaired) electrons. The minimum Gasteiger partial charge on any atom is -0.493 e. The summed E-state index contributed by atoms with van der Waals surface area (Å²) in [5.74, 6) is 0.447. The molecule has 1 amide bonds. The van der Waals surface area contributed by atoms with Gasteiger partial charge in [0.25, 0.3) is 5.91 Å². The van der Waals surface area contributed by atoms with Crippen molar-refractivity contribution in [3.05, 3.63) is 64.7 Å². The molecule has 1 aliphatic rings. The number of rotatable bonds is 7. The SMILES string of the molecule is CCOc1ccccc1C(=O)NCC(c1ccccc1Cl)N1CCOCC1. The number of amides is 1. The van der Waals surface area contributed by atoms with Crippen LogP contribution in [-0.2, 0) is 4.74 Å². The maximum Gasteiger partial charge on any atom is 0.255 e. The average Bonchev–Trinajstić information content (AvgIpc) is 2.71. The molecule has 27 heavy (non-hydrogen) atoms. The van der Waals surface area contributed by atoms with Crippen LogP contribution < -0.4 is 10.1 Å². The van der Waals surface area contributed by atoms with E-state index in [0.29, 0.717) is 42.7 Å². The van der Waals surface area contributed by atoms with Gasteiger partial charge in [-0.05, 0) is 30.7 Å². The highest BCUT2D eigenvalue weighted by molar-refractivity contribution is 6.31. The zero-order valence-corrected chi connectivity index (χ0v) is 16.2. The Morgan fingerprint density at radius 1 is 1.19 bits per heavy atom. The Labute approximate surface area is 165 Å². The van der Waals surface area contributed by atoms with Crippen molar-refractivity contribution in [3.8, 4) is 5.75 Å². The number of nitrogens with one attached hydrogen (secondary N) is 1. The van der Waals surface area contributed by atoms with Gasteiger partial charge in [0, 0.05) is 24.7 Å². The zero-order chi connectivity index (χ0) is 19.1. The van der Waals surface area contributed by atoms with Crippen molar-refractivity contribution in [3.63, 3.8) is 0 Å². The van der Waals surface area contributed by atoms with Crippen molar-refractivity contribution in [2.24, 2.45) is 0 Å². The van der Waals surface area contributed by atoms with Crippen LogP contribution in [0, 0.1) is 0 Å². The van der Waals surface area contributed by atoms with Gasteiger partial charge in [-0.2, -0.15) is 0 Å². The van der Waals surface area contributed by atoms with E-state index in [1.807, 2.05) is 49.4 Å². The molecule has 3 rings (SSSR count). The molecule has 0 saturated carbocycles. The van der Waals surface area contributed by atoms with Crippen LogP contribution in [0.3, 0.4) is 0 Å². The summed E-state index contributed by atoms with van der Waals surface area (Å²) < 4.78 is 11.1. The highest BCUT2D eigenvalue weighted by Crippen LogP contribution is 2.28. The lowest BCUT2D eigenvalue weighted by Gasteiger charge is -2.35. The predicted molar refractivity (Wildman–Crippen MR) is 107 cm³/mol. The van der Waals surface area contributed by atoms with Gasteiger partial charge in [0.15, 0.2) is 0 Å². The second-order valence-corrected chi connectivity index (χ2v) is 6.73. The third-order valence-corrected chi connectivity index (χ3v) is 4.98. The number of para-hydroxylation sites is 1. The van der Waals surface area contributed by atoms with Gasteiger partial charge in [-0.3, -0.25) is 9.69 Å². The van der Waals surface area contributed by atoms with E-state index >= 15 is 0 Å². The van der Waals surface area contributed by atoms with E-state index < -0.39 is 0 Å². The lowest BCUT2D eigenvalue weighted by atomic mass is 10.0. The van der Waals surface area contributed by atoms with E-state index in [4.69, 9.17) is 21.1 Å². The van der Waals surface area contributed by atoms with Crippen LogP contribution in [0.1, 0.15) is 28.9 Å². The summed E-state index contributed by atoms with van der Waals surface area (Å²) in [6, 6.07) is 15.1. The highest BCUT2D eigenvalue weighted by atomic mass is 35.5. The quantitative estimate of drug-likeness (QED) is 0.788. The van der Waals surface area contributed by atoms with Gasteiger partial charge < -0.3 is 14.8 Å². The van der Waals surface area contributed by atoms with Crippen LogP contribution in [-0.4, -0.2) is 50.3 Å². The minimum absolute atomic E-state index is 0.00851. The molecular weight excluding hydrogens is 364 g/mol. The molecule has 1 saturated heterocycles. The molecule has 1 aliphatic heterocycles. The van der Waals surface area contributed by atoms with Gasteiger partial charge in [0.05, 0.1) is 31.4 Å². The van der Waals surface area contributed by atoms with Gasteiger partial charge in [-0.15, -0.1) is 0 Å². The van der Waals surface area contributed by atoms with E-state index in [-0.39, 0.29) is 11.9 Å². The predicted octanol–water partition coefficient (Wildman–Crippen LogP) is 3.54. The molecule has 144 valence electrons. The number of halogens is 1. The largest absolute Gasteiger partial charge is 0.493 e. The fourth-order valence-corrected chi connectivity index (χ4v) is 3.55. The molecule has 2 aromatic rings. The maximum atomic E-state index is 12.8. The molecule has 2 aromatic carbocycles. The third-order valence-electron chi connectivity index (χ3n) is 4.64. The molecule has 0 spiro atoms. The zero-order valence-electron chi connectivity index (χ0n) is 15.5. The maximum absolute atomic E-state index is 12.8. The normalized spacial score (nSPS) is 15.9. The van der Waals surface area contributed by atoms with Crippen molar-refractivity contribution < 1.29 is 14.3 Å². The number of hydrogen-bond donors (Lipinski definition) is 1. The van der Waals surface area contributed by atoms with E-state index in [0.717, 1.165) is 18.7 Å². The molecule has 0 aliphatic carbocycles. The monoisotopic (exact) mass is 388 g/mol. The van der Waals surface area contributed by atoms with Crippen molar-refractivity contribution >= 4 is 17.5 Å². The Kier molecular flexibility index (Phi) is 7.10. The number of benzene rings is 2. The molecule has 0 aromatic heterocycles. The number of morpholine rings is 1. The molecule has 1 unspecified atom stereocenters. The molecular formula is C21H25ClN2O3. The molecule has 1 N–H and O–H groups in total. The number of ether oxygens (including phenoxy) is 2. The summed E-state index contributed by atoms with van der Waals surface area (Å²) in [6.45, 7) is 5.86. The molecule has 1 fully saturated rings. The van der Waals surface area contributed by atoms with E-state index in [9.17, 15) is 4.79 Å². The summed E-state index contributed by atoms with van der Waals surface area (Å²) in [5, 5.41) is 3.77. The summed E-state index contributed by atoms with van der Waals surface area (Å²) in [6.07, 6.45) is 0. The summed E-state index contributed by atoms with van der Waals surface area (Å²) >= 11 is 6.45. The van der Waals surface area contributed by atoms with Crippen LogP contribution in [0.25, 0.3) is 0 Å². The summed E-state index contributed by atoms with van der Waals surface area (Å²) in [4.78, 5) is 15.1. The van der Waals surface area contributed by atoms with Crippen molar-refractivity contribution in [1.29, 1.82) is 0 Å². The molecule has 1 heterocycles. The Morgan fingerprint density at radius 3 is 2.63 bits per heavy atom. The van der Waals surface area contributed by atoms with E-state index in [1.54, 1.807) is 6.07 Å². The third kappa shape index (κ3) is 5.01. The van der Waals surface area contributed by atoms with E-state index in [1.165, 1.54) is 0 Å². The first-order chi connectivity index (χ1) is 13.2. The Morgan fingerprint density at radius 2 is 1.89 bits per heavy atom. The van der Waals surface area contributed by atoms with Gasteiger partial charge in [-0.25, -0.2) is 0 Å². The Balaban J connectivity index is 1.77. The van der Waals surface area contributed by atoms with Crippen LogP contribution in [0.4, 0.5) is 0 Å². The van der Waals surface area contributed by atoms with Crippen molar-refractivity contribution in [2.45, 2.75) is 13.0 Å². The first-order valence-corrected chi connectivity index (χ1v) is 9.64. The average molecular weight is 389 g/mol. The standard InChI is InChI=1S/C21H25ClN2O3/c1-2-27-20-10-6-4-8-17(20)21(25)23-15-19(24-11-13-26-14-12-24)16-7-3-5-9-18(16)22/h3-10,19H,2,11-15H2,1H3,(H,23,25). The molecule has 0 bridgehead atoms. The summed E-state index contributed by atoms with van der Waals surface area (Å²) in [5.41, 5.74) is 1.55. The van der Waals surface area contributed by atoms with Gasteiger partial charge >= 0.3 is 0 Å². The molecule has 1 atom stereocenters. The molecule has 6 heteroatoms. The van der Waals surface area contributed by atoms with Crippen molar-refractivity contribution in [2.75, 3.05) is 39.5 Å². The number of carbonyl (C=O) groups excluding carboxylic acids is 1. The second kappa shape index (κ2) is 9.74. The van der Waals surface area contributed by atoms with Crippen molar-refractivity contribution in [1.82, 2.24) is 10.2 Å². The van der Waals surface area contributed by atoms with Gasteiger partial charge in [0.2, 0.25) is 0 Å². The van der Waals surface area contributed by atoms with Gasteiger partial charge in [0.1, 0.15) is 5.75 Å². The highest BCUT2D eigenvalue weighted by Gasteiger charge is 2.25. The fourth-order valence-electron chi connectivity index (χ4n) is 3.29.